The molecule has 2 aromatic rings. The van der Waals surface area contributed by atoms with Crippen LogP contribution in [0.25, 0.3) is 10.8 Å². The highest BCUT2D eigenvalue weighted by Crippen LogP contribution is 2.26. The first kappa shape index (κ1) is 13.7. The van der Waals surface area contributed by atoms with Crippen LogP contribution in [0.1, 0.15) is 62.5 Å². The number of aryl methyl sites for hydroxylation is 2. The molecular weight excluding hydrogens is 240 g/mol. The Morgan fingerprint density at radius 3 is 1.30 bits per heavy atom. The van der Waals surface area contributed by atoms with Crippen molar-refractivity contribution in [3.63, 3.8) is 0 Å². The minimum atomic E-state index is 1.25. The van der Waals surface area contributed by atoms with Crippen LogP contribution in [0.2, 0.25) is 0 Å². The topological polar surface area (TPSA) is 0 Å². The van der Waals surface area contributed by atoms with E-state index in [9.17, 15) is 0 Å². The second-order valence-electron chi connectivity index (χ2n) is 6.26. The van der Waals surface area contributed by atoms with E-state index in [-0.39, 0.29) is 0 Å². The third-order valence-corrected chi connectivity index (χ3v) is 4.75. The molecule has 0 saturated heterocycles. The third-order valence-electron chi connectivity index (χ3n) is 4.75. The predicted octanol–water partition coefficient (Wildman–Crippen LogP) is 6.06. The lowest BCUT2D eigenvalue weighted by atomic mass is 9.93. The van der Waals surface area contributed by atoms with Crippen molar-refractivity contribution in [1.82, 2.24) is 0 Å². The van der Waals surface area contributed by atoms with Crippen LogP contribution in [-0.2, 0) is 12.8 Å². The molecule has 2 bridgehead atoms. The quantitative estimate of drug-likeness (QED) is 0.543. The van der Waals surface area contributed by atoms with Gasteiger partial charge >= 0.3 is 0 Å². The Kier molecular flexibility index (Phi) is 4.73. The highest BCUT2D eigenvalue weighted by Gasteiger charge is 2.06. The first-order chi connectivity index (χ1) is 9.95. The Morgan fingerprint density at radius 2 is 0.850 bits per heavy atom. The van der Waals surface area contributed by atoms with E-state index in [4.69, 9.17) is 0 Å². The summed E-state index contributed by atoms with van der Waals surface area (Å²) in [5.74, 6) is 0. The number of fused-ring (bicyclic) bond motifs is 6. The van der Waals surface area contributed by atoms with Gasteiger partial charge in [0, 0.05) is 0 Å². The van der Waals surface area contributed by atoms with Crippen molar-refractivity contribution >= 4 is 10.8 Å². The van der Waals surface area contributed by atoms with Gasteiger partial charge in [-0.05, 0) is 47.6 Å². The first-order valence-electron chi connectivity index (χ1n) is 8.45. The molecule has 106 valence electrons. The minimum absolute atomic E-state index is 1.25. The van der Waals surface area contributed by atoms with Crippen molar-refractivity contribution in [2.45, 2.75) is 64.2 Å². The second kappa shape index (κ2) is 6.92. The van der Waals surface area contributed by atoms with Crippen LogP contribution in [0, 0.1) is 0 Å². The summed E-state index contributed by atoms with van der Waals surface area (Å²) in [7, 11) is 0. The molecule has 1 aliphatic carbocycles. The van der Waals surface area contributed by atoms with Gasteiger partial charge in [0.1, 0.15) is 0 Å². The Hall–Kier alpha value is -1.30. The molecule has 0 fully saturated rings. The van der Waals surface area contributed by atoms with Gasteiger partial charge < -0.3 is 0 Å². The molecule has 20 heavy (non-hydrogen) atoms. The van der Waals surface area contributed by atoms with E-state index in [0.29, 0.717) is 0 Å². The molecular formula is C20H26. The second-order valence-corrected chi connectivity index (χ2v) is 6.26. The molecule has 0 unspecified atom stereocenters. The zero-order valence-electron chi connectivity index (χ0n) is 12.5. The smallest absolute Gasteiger partial charge is 0.0149 e. The summed E-state index contributed by atoms with van der Waals surface area (Å²) in [6.45, 7) is 0. The van der Waals surface area contributed by atoms with Crippen molar-refractivity contribution in [3.05, 3.63) is 47.5 Å². The summed E-state index contributed by atoms with van der Waals surface area (Å²) in [5, 5.41) is 3.00. The van der Waals surface area contributed by atoms with Gasteiger partial charge in [-0.25, -0.2) is 0 Å². The van der Waals surface area contributed by atoms with Crippen LogP contribution in [-0.4, -0.2) is 0 Å². The van der Waals surface area contributed by atoms with Gasteiger partial charge in [0.05, 0.1) is 0 Å². The highest BCUT2D eigenvalue weighted by molar-refractivity contribution is 5.88. The fourth-order valence-electron chi connectivity index (χ4n) is 3.55. The molecule has 0 amide bonds. The average molecular weight is 266 g/mol. The molecule has 3 rings (SSSR count). The molecule has 0 aromatic heterocycles. The Bertz CT molecular complexity index is 502. The van der Waals surface area contributed by atoms with E-state index >= 15 is 0 Å². The van der Waals surface area contributed by atoms with Crippen molar-refractivity contribution in [3.8, 4) is 0 Å². The van der Waals surface area contributed by atoms with E-state index in [1.165, 1.54) is 75.0 Å². The van der Waals surface area contributed by atoms with E-state index in [1.54, 1.807) is 11.1 Å². The Balaban J connectivity index is 1.92. The number of rotatable bonds is 0. The Labute approximate surface area is 123 Å². The SMILES string of the molecule is c1ccc2c3ccc(c2c1)CCCCCCCCCC3. The maximum atomic E-state index is 2.39. The van der Waals surface area contributed by atoms with Gasteiger partial charge in [-0.3, -0.25) is 0 Å². The number of benzene rings is 2. The van der Waals surface area contributed by atoms with Crippen LogP contribution >= 0.6 is 0 Å². The largest absolute Gasteiger partial charge is 0.0616 e. The lowest BCUT2D eigenvalue weighted by Crippen LogP contribution is -1.94. The average Bonchev–Trinajstić information content (AvgIpc) is 2.50. The maximum Gasteiger partial charge on any atom is -0.0149 e. The van der Waals surface area contributed by atoms with E-state index in [1.807, 2.05) is 0 Å². The summed E-state index contributed by atoms with van der Waals surface area (Å²) in [6.07, 6.45) is 13.7. The van der Waals surface area contributed by atoms with E-state index in [2.05, 4.69) is 36.4 Å². The summed E-state index contributed by atoms with van der Waals surface area (Å²) in [5.41, 5.74) is 3.11. The zero-order chi connectivity index (χ0) is 13.6. The summed E-state index contributed by atoms with van der Waals surface area (Å²) >= 11 is 0. The summed E-state index contributed by atoms with van der Waals surface area (Å²) in [4.78, 5) is 0. The van der Waals surface area contributed by atoms with Crippen LogP contribution in [0.3, 0.4) is 0 Å². The fourth-order valence-corrected chi connectivity index (χ4v) is 3.55. The van der Waals surface area contributed by atoms with Crippen LogP contribution in [0.5, 0.6) is 0 Å². The first-order valence-corrected chi connectivity index (χ1v) is 8.45. The molecule has 0 nitrogen and oxygen atoms in total. The molecule has 0 radical (unpaired) electrons. The number of hydrogen-bond acceptors (Lipinski definition) is 0. The summed E-state index contributed by atoms with van der Waals surface area (Å²) in [6, 6.07) is 13.8. The molecule has 0 saturated carbocycles. The molecule has 0 aliphatic heterocycles. The number of hydrogen-bond donors (Lipinski definition) is 0. The molecule has 0 N–H and O–H groups in total. The van der Waals surface area contributed by atoms with Gasteiger partial charge in [-0.1, -0.05) is 74.9 Å². The van der Waals surface area contributed by atoms with Gasteiger partial charge in [0.15, 0.2) is 0 Å². The van der Waals surface area contributed by atoms with E-state index < -0.39 is 0 Å². The maximum absolute atomic E-state index is 2.39. The minimum Gasteiger partial charge on any atom is -0.0616 e. The molecule has 0 atom stereocenters. The molecule has 0 heteroatoms. The van der Waals surface area contributed by atoms with Crippen molar-refractivity contribution < 1.29 is 0 Å². The molecule has 0 heterocycles. The molecule has 0 spiro atoms. The zero-order valence-corrected chi connectivity index (χ0v) is 12.5. The van der Waals surface area contributed by atoms with Crippen molar-refractivity contribution in [2.24, 2.45) is 0 Å². The standard InChI is InChI=1S/C20H26/c1-2-4-6-8-12-18-16-15-17(11-7-5-3-1)19-13-9-10-14-20(18)19/h9-10,13-16H,1-8,11-12H2. The van der Waals surface area contributed by atoms with Gasteiger partial charge in [-0.2, -0.15) is 0 Å². The molecule has 1 aliphatic rings. The van der Waals surface area contributed by atoms with Crippen LogP contribution in [0.15, 0.2) is 36.4 Å². The predicted molar refractivity (Wildman–Crippen MR) is 88.3 cm³/mol. The van der Waals surface area contributed by atoms with Gasteiger partial charge in [0.25, 0.3) is 0 Å². The lowest BCUT2D eigenvalue weighted by Gasteiger charge is -2.12. The van der Waals surface area contributed by atoms with Crippen LogP contribution in [0.4, 0.5) is 0 Å². The third kappa shape index (κ3) is 3.23. The normalized spacial score (nSPS) is 18.0. The highest BCUT2D eigenvalue weighted by atomic mass is 14.1. The molecule has 2 aromatic carbocycles. The van der Waals surface area contributed by atoms with Gasteiger partial charge in [-0.15, -0.1) is 0 Å². The fraction of sp³-hybridized carbons (Fsp3) is 0.500. The summed E-state index contributed by atoms with van der Waals surface area (Å²) < 4.78 is 0. The lowest BCUT2D eigenvalue weighted by molar-refractivity contribution is 0.567. The van der Waals surface area contributed by atoms with Gasteiger partial charge in [0.2, 0.25) is 0 Å². The van der Waals surface area contributed by atoms with Crippen LogP contribution < -0.4 is 0 Å². The Morgan fingerprint density at radius 1 is 0.450 bits per heavy atom. The monoisotopic (exact) mass is 266 g/mol. The van der Waals surface area contributed by atoms with E-state index in [0.717, 1.165) is 0 Å². The van der Waals surface area contributed by atoms with Crippen molar-refractivity contribution in [2.75, 3.05) is 0 Å². The van der Waals surface area contributed by atoms with Crippen molar-refractivity contribution in [1.29, 1.82) is 0 Å².